The molecular formula is C21H23ClN4O2. The van der Waals surface area contributed by atoms with Crippen LogP contribution in [0.5, 0.6) is 0 Å². The zero-order chi connectivity index (χ0) is 18.6. The van der Waals surface area contributed by atoms with Crippen molar-refractivity contribution in [3.8, 4) is 11.3 Å². The van der Waals surface area contributed by atoms with E-state index in [-0.39, 0.29) is 24.4 Å². The predicted octanol–water partition coefficient (Wildman–Crippen LogP) is 3.42. The number of morpholine rings is 1. The number of benzene rings is 2. The molecule has 2 aromatic carbocycles. The summed E-state index contributed by atoms with van der Waals surface area (Å²) in [6.07, 6.45) is 0.0639. The Hall–Kier alpha value is -2.67. The molecule has 1 unspecified atom stereocenters. The molecule has 4 rings (SSSR count). The first-order chi connectivity index (χ1) is 13.2. The van der Waals surface area contributed by atoms with Gasteiger partial charge in [0.15, 0.2) is 0 Å². The van der Waals surface area contributed by atoms with E-state index in [1.807, 2.05) is 54.6 Å². The fourth-order valence-corrected chi connectivity index (χ4v) is 3.19. The number of aromatic nitrogens is 2. The molecule has 0 saturated carbocycles. The molecular weight excluding hydrogens is 376 g/mol. The van der Waals surface area contributed by atoms with E-state index in [1.54, 1.807) is 17.8 Å². The van der Waals surface area contributed by atoms with E-state index in [1.165, 1.54) is 0 Å². The molecule has 3 aromatic rings. The van der Waals surface area contributed by atoms with Gasteiger partial charge in [-0.05, 0) is 23.8 Å². The molecule has 1 aliphatic heterocycles. The predicted molar refractivity (Wildman–Crippen MR) is 112 cm³/mol. The normalized spacial score (nSPS) is 16.2. The number of carbonyl (C=O) groups is 1. The Bertz CT molecular complexity index is 919. The van der Waals surface area contributed by atoms with E-state index in [2.05, 4.69) is 15.7 Å². The van der Waals surface area contributed by atoms with Gasteiger partial charge in [-0.2, -0.15) is 5.10 Å². The van der Waals surface area contributed by atoms with E-state index in [0.717, 1.165) is 35.6 Å². The number of amides is 1. The van der Waals surface area contributed by atoms with Gasteiger partial charge in [0, 0.05) is 31.4 Å². The first-order valence-electron chi connectivity index (χ1n) is 9.04. The minimum atomic E-state index is -0.185. The molecule has 1 amide bonds. The van der Waals surface area contributed by atoms with Crippen LogP contribution < -0.4 is 10.6 Å². The van der Waals surface area contributed by atoms with Crippen molar-refractivity contribution in [2.45, 2.75) is 6.10 Å². The average Bonchev–Trinajstić information content (AvgIpc) is 3.12. The Morgan fingerprint density at radius 3 is 2.61 bits per heavy atom. The number of ether oxygens (including phenoxy) is 1. The van der Waals surface area contributed by atoms with Crippen molar-refractivity contribution in [2.24, 2.45) is 7.05 Å². The quantitative estimate of drug-likeness (QED) is 0.706. The zero-order valence-electron chi connectivity index (χ0n) is 15.6. The van der Waals surface area contributed by atoms with Gasteiger partial charge in [-0.1, -0.05) is 42.5 Å². The molecule has 28 heavy (non-hydrogen) atoms. The second-order valence-corrected chi connectivity index (χ2v) is 6.54. The first kappa shape index (κ1) is 20.1. The standard InChI is InChI=1S/C21H22N4O2.ClH/c1-25-19(13-18(24-25)15-5-3-2-4-6-15)21(26)23-17-9-7-16(8-10-17)20-14-22-11-12-27-20;/h2-10,13,20,22H,11-12,14H2,1H3,(H,23,26);1H. The average molecular weight is 399 g/mol. The summed E-state index contributed by atoms with van der Waals surface area (Å²) in [6, 6.07) is 19.4. The Labute approximate surface area is 170 Å². The van der Waals surface area contributed by atoms with Crippen LogP contribution in [-0.2, 0) is 11.8 Å². The lowest BCUT2D eigenvalue weighted by Crippen LogP contribution is -2.33. The van der Waals surface area contributed by atoms with Crippen LogP contribution in [0.1, 0.15) is 22.2 Å². The largest absolute Gasteiger partial charge is 0.371 e. The van der Waals surface area contributed by atoms with E-state index in [9.17, 15) is 4.79 Å². The van der Waals surface area contributed by atoms with Crippen molar-refractivity contribution in [2.75, 3.05) is 25.0 Å². The molecule has 1 fully saturated rings. The summed E-state index contributed by atoms with van der Waals surface area (Å²) in [4.78, 5) is 12.7. The van der Waals surface area contributed by atoms with Crippen LogP contribution in [0.15, 0.2) is 60.7 Å². The maximum Gasteiger partial charge on any atom is 0.273 e. The molecule has 7 heteroatoms. The maximum atomic E-state index is 12.7. The van der Waals surface area contributed by atoms with Gasteiger partial charge in [0.25, 0.3) is 5.91 Å². The highest BCUT2D eigenvalue weighted by Gasteiger charge is 2.17. The topological polar surface area (TPSA) is 68.2 Å². The maximum absolute atomic E-state index is 12.7. The third-order valence-electron chi connectivity index (χ3n) is 4.65. The summed E-state index contributed by atoms with van der Waals surface area (Å²) >= 11 is 0. The number of halogens is 1. The lowest BCUT2D eigenvalue weighted by Gasteiger charge is -2.24. The van der Waals surface area contributed by atoms with E-state index < -0.39 is 0 Å². The van der Waals surface area contributed by atoms with Crippen LogP contribution in [-0.4, -0.2) is 35.4 Å². The lowest BCUT2D eigenvalue weighted by molar-refractivity contribution is 0.0277. The van der Waals surface area contributed by atoms with Gasteiger partial charge in [0.2, 0.25) is 0 Å². The summed E-state index contributed by atoms with van der Waals surface area (Å²) in [7, 11) is 1.78. The second-order valence-electron chi connectivity index (χ2n) is 6.54. The van der Waals surface area contributed by atoms with Crippen LogP contribution >= 0.6 is 12.4 Å². The Balaban J connectivity index is 0.00000225. The Kier molecular flexibility index (Phi) is 6.46. The van der Waals surface area contributed by atoms with Crippen molar-refractivity contribution in [1.82, 2.24) is 15.1 Å². The number of hydrogen-bond acceptors (Lipinski definition) is 4. The van der Waals surface area contributed by atoms with Gasteiger partial charge in [-0.3, -0.25) is 9.48 Å². The summed E-state index contributed by atoms with van der Waals surface area (Å²) in [6.45, 7) is 2.41. The SMILES string of the molecule is Cl.Cn1nc(-c2ccccc2)cc1C(=O)Nc1ccc(C2CNCCO2)cc1. The molecule has 2 N–H and O–H groups in total. The molecule has 0 aliphatic carbocycles. The molecule has 6 nitrogen and oxygen atoms in total. The molecule has 1 saturated heterocycles. The van der Waals surface area contributed by atoms with E-state index in [0.29, 0.717) is 12.3 Å². The monoisotopic (exact) mass is 398 g/mol. The van der Waals surface area contributed by atoms with Crippen LogP contribution in [0.4, 0.5) is 5.69 Å². The van der Waals surface area contributed by atoms with E-state index in [4.69, 9.17) is 4.74 Å². The molecule has 0 bridgehead atoms. The number of rotatable bonds is 4. The number of aryl methyl sites for hydroxylation is 1. The minimum Gasteiger partial charge on any atom is -0.371 e. The van der Waals surface area contributed by atoms with Gasteiger partial charge < -0.3 is 15.4 Å². The number of hydrogen-bond donors (Lipinski definition) is 2. The fraction of sp³-hybridized carbons (Fsp3) is 0.238. The number of carbonyl (C=O) groups excluding carboxylic acids is 1. The highest BCUT2D eigenvalue weighted by molar-refractivity contribution is 6.03. The highest BCUT2D eigenvalue weighted by atomic mass is 35.5. The molecule has 1 atom stereocenters. The summed E-state index contributed by atoms with van der Waals surface area (Å²) < 4.78 is 7.36. The summed E-state index contributed by atoms with van der Waals surface area (Å²) in [5, 5.41) is 10.7. The highest BCUT2D eigenvalue weighted by Crippen LogP contribution is 2.22. The molecule has 1 aliphatic rings. The number of anilines is 1. The Morgan fingerprint density at radius 1 is 1.18 bits per heavy atom. The second kappa shape index (κ2) is 9.01. The summed E-state index contributed by atoms with van der Waals surface area (Å²) in [5.74, 6) is -0.185. The Morgan fingerprint density at radius 2 is 1.93 bits per heavy atom. The van der Waals surface area contributed by atoms with Crippen LogP contribution in [0.2, 0.25) is 0 Å². The van der Waals surface area contributed by atoms with Crippen molar-refractivity contribution in [3.63, 3.8) is 0 Å². The van der Waals surface area contributed by atoms with Crippen LogP contribution in [0, 0.1) is 0 Å². The molecule has 0 radical (unpaired) electrons. The molecule has 146 valence electrons. The number of nitrogens with one attached hydrogen (secondary N) is 2. The van der Waals surface area contributed by atoms with Crippen LogP contribution in [0.25, 0.3) is 11.3 Å². The minimum absolute atomic E-state index is 0. The van der Waals surface area contributed by atoms with Gasteiger partial charge in [-0.25, -0.2) is 0 Å². The van der Waals surface area contributed by atoms with E-state index >= 15 is 0 Å². The molecule has 0 spiro atoms. The van der Waals surface area contributed by atoms with Gasteiger partial charge in [0.05, 0.1) is 18.4 Å². The molecule has 1 aromatic heterocycles. The fourth-order valence-electron chi connectivity index (χ4n) is 3.19. The zero-order valence-corrected chi connectivity index (χ0v) is 16.4. The third kappa shape index (κ3) is 4.42. The first-order valence-corrected chi connectivity index (χ1v) is 9.04. The smallest absolute Gasteiger partial charge is 0.273 e. The van der Waals surface area contributed by atoms with Gasteiger partial charge in [0.1, 0.15) is 5.69 Å². The van der Waals surface area contributed by atoms with Crippen molar-refractivity contribution in [1.29, 1.82) is 0 Å². The summed E-state index contributed by atoms with van der Waals surface area (Å²) in [5.41, 5.74) is 4.12. The van der Waals surface area contributed by atoms with Gasteiger partial charge in [-0.15, -0.1) is 12.4 Å². The lowest BCUT2D eigenvalue weighted by atomic mass is 10.1. The van der Waals surface area contributed by atoms with Gasteiger partial charge >= 0.3 is 0 Å². The third-order valence-corrected chi connectivity index (χ3v) is 4.65. The van der Waals surface area contributed by atoms with Crippen molar-refractivity contribution < 1.29 is 9.53 Å². The van der Waals surface area contributed by atoms with Crippen molar-refractivity contribution >= 4 is 24.0 Å². The number of nitrogens with zero attached hydrogens (tertiary/aromatic N) is 2. The van der Waals surface area contributed by atoms with Crippen LogP contribution in [0.3, 0.4) is 0 Å². The van der Waals surface area contributed by atoms with Crippen molar-refractivity contribution in [3.05, 3.63) is 71.9 Å². The molecule has 2 heterocycles.